The van der Waals surface area contributed by atoms with Gasteiger partial charge in [0.05, 0.1) is 15.9 Å². The number of anilines is 2. The number of piperazine rings is 1. The maximum atomic E-state index is 12.7. The number of imide groups is 1. The van der Waals surface area contributed by atoms with Crippen LogP contribution < -0.4 is 15.1 Å². The summed E-state index contributed by atoms with van der Waals surface area (Å²) in [5, 5.41) is 4.05. The smallest absolute Gasteiger partial charge is 0.251 e. The maximum Gasteiger partial charge on any atom is 0.251 e. The van der Waals surface area contributed by atoms with Gasteiger partial charge in [-0.2, -0.15) is 0 Å². The number of carbonyl (C=O) groups excluding carboxylic acids is 3. The summed E-state index contributed by atoms with van der Waals surface area (Å²) in [5.41, 5.74) is 4.54. The first-order chi connectivity index (χ1) is 16.9. The van der Waals surface area contributed by atoms with Crippen LogP contribution in [0.4, 0.5) is 10.8 Å². The second-order valence-electron chi connectivity index (χ2n) is 9.11. The minimum atomic E-state index is -0.220. The van der Waals surface area contributed by atoms with Crippen molar-refractivity contribution in [3.05, 3.63) is 53.1 Å². The van der Waals surface area contributed by atoms with Crippen LogP contribution in [0.15, 0.2) is 36.4 Å². The molecule has 1 aromatic heterocycles. The minimum absolute atomic E-state index is 0.204. The molecular weight excluding hydrogens is 462 g/mol. The van der Waals surface area contributed by atoms with Gasteiger partial charge in [0, 0.05) is 57.7 Å². The zero-order chi connectivity index (χ0) is 24.5. The quantitative estimate of drug-likeness (QED) is 0.534. The Hall–Kier alpha value is -3.30. The highest BCUT2D eigenvalue weighted by atomic mass is 32.1. The Balaban J connectivity index is 1.12. The molecule has 2 fully saturated rings. The summed E-state index contributed by atoms with van der Waals surface area (Å²) in [4.78, 5) is 47.4. The molecule has 2 aliphatic rings. The summed E-state index contributed by atoms with van der Waals surface area (Å²) in [7, 11) is 0. The van der Waals surface area contributed by atoms with Crippen molar-refractivity contribution in [3.8, 4) is 0 Å². The zero-order valence-corrected chi connectivity index (χ0v) is 20.9. The van der Waals surface area contributed by atoms with Crippen LogP contribution in [-0.2, 0) is 9.59 Å². The van der Waals surface area contributed by atoms with Gasteiger partial charge in [0.1, 0.15) is 0 Å². The van der Waals surface area contributed by atoms with E-state index in [1.54, 1.807) is 35.6 Å². The fourth-order valence-electron chi connectivity index (χ4n) is 4.59. The molecule has 0 unspecified atom stereocenters. The Kier molecular flexibility index (Phi) is 6.53. The lowest BCUT2D eigenvalue weighted by Gasteiger charge is -2.34. The van der Waals surface area contributed by atoms with Crippen LogP contribution in [0, 0.1) is 13.8 Å². The first-order valence-electron chi connectivity index (χ1n) is 12.0. The second-order valence-corrected chi connectivity index (χ2v) is 10.1. The molecule has 0 radical (unpaired) electrons. The summed E-state index contributed by atoms with van der Waals surface area (Å²) >= 11 is 1.75. The molecule has 182 valence electrons. The van der Waals surface area contributed by atoms with E-state index in [0.717, 1.165) is 43.4 Å². The number of fused-ring (bicyclic) bond motifs is 1. The van der Waals surface area contributed by atoms with Crippen molar-refractivity contribution in [2.75, 3.05) is 49.1 Å². The maximum absolute atomic E-state index is 12.7. The van der Waals surface area contributed by atoms with E-state index in [4.69, 9.17) is 4.98 Å². The van der Waals surface area contributed by atoms with Gasteiger partial charge in [-0.05, 0) is 49.2 Å². The third kappa shape index (κ3) is 4.78. The van der Waals surface area contributed by atoms with Crippen molar-refractivity contribution in [2.24, 2.45) is 0 Å². The number of nitrogens with zero attached hydrogens (tertiary/aromatic N) is 4. The van der Waals surface area contributed by atoms with E-state index in [1.165, 1.54) is 20.7 Å². The van der Waals surface area contributed by atoms with Crippen LogP contribution in [0.25, 0.3) is 10.2 Å². The van der Waals surface area contributed by atoms with Gasteiger partial charge < -0.3 is 10.2 Å². The first kappa shape index (κ1) is 23.4. The number of benzene rings is 2. The minimum Gasteiger partial charge on any atom is -0.351 e. The van der Waals surface area contributed by atoms with Gasteiger partial charge in [-0.25, -0.2) is 4.98 Å². The van der Waals surface area contributed by atoms with E-state index >= 15 is 0 Å². The molecule has 0 spiro atoms. The number of amides is 3. The van der Waals surface area contributed by atoms with Crippen LogP contribution >= 0.6 is 11.3 Å². The Bertz CT molecular complexity index is 1280. The van der Waals surface area contributed by atoms with Crippen LogP contribution in [0.3, 0.4) is 0 Å². The number of thiazole rings is 1. The Morgan fingerprint density at radius 1 is 1.03 bits per heavy atom. The molecule has 35 heavy (non-hydrogen) atoms. The normalized spacial score (nSPS) is 17.0. The molecule has 3 heterocycles. The van der Waals surface area contributed by atoms with Gasteiger partial charge in [0.2, 0.25) is 11.8 Å². The molecule has 0 aliphatic carbocycles. The number of aromatic nitrogens is 1. The molecule has 0 atom stereocenters. The summed E-state index contributed by atoms with van der Waals surface area (Å²) in [6.45, 7) is 9.20. The van der Waals surface area contributed by atoms with Crippen molar-refractivity contribution in [2.45, 2.75) is 26.7 Å². The molecule has 3 aromatic rings. The van der Waals surface area contributed by atoms with Crippen molar-refractivity contribution in [3.63, 3.8) is 0 Å². The number of aryl methyl sites for hydroxylation is 2. The van der Waals surface area contributed by atoms with Crippen LogP contribution in [0.2, 0.25) is 0 Å². The molecule has 1 N–H and O–H groups in total. The molecule has 9 heteroatoms. The Morgan fingerprint density at radius 2 is 1.77 bits per heavy atom. The van der Waals surface area contributed by atoms with Gasteiger partial charge >= 0.3 is 0 Å². The van der Waals surface area contributed by atoms with Crippen molar-refractivity contribution in [1.82, 2.24) is 15.2 Å². The number of rotatable bonds is 6. The fraction of sp³-hybridized carbons (Fsp3) is 0.385. The molecule has 5 rings (SSSR count). The fourth-order valence-corrected chi connectivity index (χ4v) is 5.67. The summed E-state index contributed by atoms with van der Waals surface area (Å²) < 4.78 is 1.23. The van der Waals surface area contributed by atoms with Crippen molar-refractivity contribution in [1.29, 1.82) is 0 Å². The molecule has 3 amide bonds. The molecule has 2 saturated heterocycles. The average Bonchev–Trinajstić information content (AvgIpc) is 3.45. The van der Waals surface area contributed by atoms with E-state index < -0.39 is 0 Å². The number of nitrogens with one attached hydrogen (secondary N) is 1. The Morgan fingerprint density at radius 3 is 2.51 bits per heavy atom. The topological polar surface area (TPSA) is 85.9 Å². The lowest BCUT2D eigenvalue weighted by atomic mass is 10.1. The summed E-state index contributed by atoms with van der Waals surface area (Å²) in [5.74, 6) is -0.643. The summed E-state index contributed by atoms with van der Waals surface area (Å²) in [6, 6.07) is 11.0. The van der Waals surface area contributed by atoms with Gasteiger partial charge in [-0.15, -0.1) is 0 Å². The van der Waals surface area contributed by atoms with Gasteiger partial charge in [-0.1, -0.05) is 23.5 Å². The van der Waals surface area contributed by atoms with E-state index in [2.05, 4.69) is 41.1 Å². The van der Waals surface area contributed by atoms with E-state index in [-0.39, 0.29) is 30.6 Å². The third-order valence-electron chi connectivity index (χ3n) is 6.85. The van der Waals surface area contributed by atoms with Crippen LogP contribution in [0.5, 0.6) is 0 Å². The first-order valence-corrected chi connectivity index (χ1v) is 12.8. The monoisotopic (exact) mass is 491 g/mol. The second kappa shape index (κ2) is 9.75. The highest BCUT2D eigenvalue weighted by Gasteiger charge is 2.30. The standard InChI is InChI=1S/C26H29N5O3S/c1-17-6-7-21-24(18(17)2)28-26(35-21)30-14-12-29(13-15-30)11-10-27-25(34)19-4-3-5-20(16-19)31-22(32)8-9-23(31)33/h3-7,16H,8-15H2,1-2H3,(H,27,34). The highest BCUT2D eigenvalue weighted by molar-refractivity contribution is 7.22. The van der Waals surface area contributed by atoms with E-state index in [1.807, 2.05) is 0 Å². The lowest BCUT2D eigenvalue weighted by Crippen LogP contribution is -2.48. The molecule has 8 nitrogen and oxygen atoms in total. The van der Waals surface area contributed by atoms with E-state index in [9.17, 15) is 14.4 Å². The molecule has 2 aliphatic heterocycles. The molecule has 0 saturated carbocycles. The largest absolute Gasteiger partial charge is 0.351 e. The Labute approximate surface area is 208 Å². The van der Waals surface area contributed by atoms with Crippen LogP contribution in [-0.4, -0.2) is 66.9 Å². The lowest BCUT2D eigenvalue weighted by molar-refractivity contribution is -0.121. The molecular formula is C26H29N5O3S. The number of hydrogen-bond donors (Lipinski definition) is 1. The predicted molar refractivity (Wildman–Crippen MR) is 138 cm³/mol. The number of hydrogen-bond acceptors (Lipinski definition) is 7. The van der Waals surface area contributed by atoms with E-state index in [0.29, 0.717) is 17.8 Å². The summed E-state index contributed by atoms with van der Waals surface area (Å²) in [6.07, 6.45) is 0.446. The third-order valence-corrected chi connectivity index (χ3v) is 7.93. The average molecular weight is 492 g/mol. The molecule has 0 bridgehead atoms. The van der Waals surface area contributed by atoms with Gasteiger partial charge in [-0.3, -0.25) is 24.2 Å². The van der Waals surface area contributed by atoms with Crippen molar-refractivity contribution < 1.29 is 14.4 Å². The van der Waals surface area contributed by atoms with Crippen molar-refractivity contribution >= 4 is 50.1 Å². The molecule has 2 aromatic carbocycles. The van der Waals surface area contributed by atoms with Gasteiger partial charge in [0.15, 0.2) is 5.13 Å². The highest BCUT2D eigenvalue weighted by Crippen LogP contribution is 2.32. The van der Waals surface area contributed by atoms with Crippen LogP contribution in [0.1, 0.15) is 34.3 Å². The number of carbonyl (C=O) groups is 3. The van der Waals surface area contributed by atoms with Gasteiger partial charge in [0.25, 0.3) is 5.91 Å². The zero-order valence-electron chi connectivity index (χ0n) is 20.0. The SMILES string of the molecule is Cc1ccc2sc(N3CCN(CCNC(=O)c4cccc(N5C(=O)CCC5=O)c4)CC3)nc2c1C. The predicted octanol–water partition coefficient (Wildman–Crippen LogP) is 3.12.